The summed E-state index contributed by atoms with van der Waals surface area (Å²) in [6.45, 7) is 3.93. The van der Waals surface area contributed by atoms with E-state index in [0.29, 0.717) is 21.9 Å². The molecule has 1 heterocycles. The first-order valence-electron chi connectivity index (χ1n) is 8.26. The average molecular weight is 472 g/mol. The summed E-state index contributed by atoms with van der Waals surface area (Å²) in [4.78, 5) is 8.53. The highest BCUT2D eigenvalue weighted by molar-refractivity contribution is 9.10. The van der Waals surface area contributed by atoms with Crippen LogP contribution in [0.5, 0.6) is 0 Å². The molecule has 28 heavy (non-hydrogen) atoms. The number of halogens is 1. The van der Waals surface area contributed by atoms with Crippen LogP contribution in [0, 0.1) is 11.3 Å². The fourth-order valence-corrected chi connectivity index (χ4v) is 3.38. The molecule has 0 radical (unpaired) electrons. The van der Waals surface area contributed by atoms with Gasteiger partial charge in [0.25, 0.3) is 10.0 Å². The minimum atomic E-state index is -3.88. The number of hydrogen-bond donors (Lipinski definition) is 6. The van der Waals surface area contributed by atoms with Crippen LogP contribution in [0.25, 0.3) is 0 Å². The third-order valence-corrected chi connectivity index (χ3v) is 5.69. The minimum Gasteiger partial charge on any atom is -0.394 e. The topological polar surface area (TPSA) is 166 Å². The van der Waals surface area contributed by atoms with E-state index in [0.717, 1.165) is 0 Å². The quantitative estimate of drug-likeness (QED) is 0.249. The number of nitrogens with one attached hydrogen (secondary N) is 4. The van der Waals surface area contributed by atoms with Gasteiger partial charge in [-0.25, -0.2) is 18.1 Å². The first kappa shape index (κ1) is 21.9. The number of rotatable bonds is 8. The SMILES string of the molecule is CC(C)[C@H](CO)Nc1nc(Nc2ccc(S(=O)(=O)NC(=N)N)cc2)ncc1Br. The predicted molar refractivity (Wildman–Crippen MR) is 111 cm³/mol. The number of anilines is 3. The molecule has 152 valence electrons. The summed E-state index contributed by atoms with van der Waals surface area (Å²) in [7, 11) is -3.88. The maximum Gasteiger partial charge on any atom is 0.264 e. The van der Waals surface area contributed by atoms with Crippen molar-refractivity contribution in [2.24, 2.45) is 11.7 Å². The second kappa shape index (κ2) is 9.17. The van der Waals surface area contributed by atoms with Crippen LogP contribution in [0.4, 0.5) is 17.5 Å². The molecule has 1 aromatic carbocycles. The second-order valence-electron chi connectivity index (χ2n) is 6.24. The Hall–Kier alpha value is -2.44. The Labute approximate surface area is 171 Å². The molecule has 0 amide bonds. The highest BCUT2D eigenvalue weighted by atomic mass is 79.9. The number of sulfonamides is 1. The molecule has 0 aliphatic rings. The van der Waals surface area contributed by atoms with Gasteiger partial charge in [-0.05, 0) is 46.1 Å². The Kier molecular flexibility index (Phi) is 7.16. The van der Waals surface area contributed by atoms with E-state index >= 15 is 0 Å². The molecule has 7 N–H and O–H groups in total. The molecular weight excluding hydrogens is 450 g/mol. The lowest BCUT2D eigenvalue weighted by Crippen LogP contribution is -2.35. The van der Waals surface area contributed by atoms with Gasteiger partial charge in [0, 0.05) is 11.9 Å². The number of nitrogens with two attached hydrogens (primary N) is 1. The van der Waals surface area contributed by atoms with Crippen molar-refractivity contribution in [2.45, 2.75) is 24.8 Å². The first-order valence-corrected chi connectivity index (χ1v) is 10.5. The lowest BCUT2D eigenvalue weighted by Gasteiger charge is -2.21. The molecule has 1 atom stereocenters. The van der Waals surface area contributed by atoms with E-state index in [1.54, 1.807) is 6.20 Å². The minimum absolute atomic E-state index is 0.0324. The van der Waals surface area contributed by atoms with Crippen LogP contribution in [0.3, 0.4) is 0 Å². The molecule has 2 rings (SSSR count). The van der Waals surface area contributed by atoms with Crippen molar-refractivity contribution >= 4 is 49.4 Å². The maximum atomic E-state index is 12.0. The van der Waals surface area contributed by atoms with E-state index in [4.69, 9.17) is 11.1 Å². The van der Waals surface area contributed by atoms with Crippen LogP contribution >= 0.6 is 15.9 Å². The van der Waals surface area contributed by atoms with Crippen molar-refractivity contribution in [2.75, 3.05) is 17.2 Å². The van der Waals surface area contributed by atoms with E-state index in [9.17, 15) is 13.5 Å². The zero-order valence-corrected chi connectivity index (χ0v) is 17.7. The standard InChI is InChI=1S/C16H22BrN7O3S/c1-9(2)13(8-25)22-14-12(17)7-20-16(23-14)21-10-3-5-11(6-4-10)28(26,27)24-15(18)19/h3-7,9,13,25H,8H2,1-2H3,(H4,18,19,24)(H2,20,21,22,23)/t13-/m0/s1. The molecule has 10 nitrogen and oxygen atoms in total. The normalized spacial score (nSPS) is 12.5. The van der Waals surface area contributed by atoms with Crippen LogP contribution < -0.4 is 21.1 Å². The number of aliphatic hydroxyl groups is 1. The molecule has 0 bridgehead atoms. The second-order valence-corrected chi connectivity index (χ2v) is 8.77. The van der Waals surface area contributed by atoms with Gasteiger partial charge in [0.1, 0.15) is 5.82 Å². The molecule has 12 heteroatoms. The third kappa shape index (κ3) is 5.78. The number of guanidine groups is 1. The van der Waals surface area contributed by atoms with E-state index in [1.165, 1.54) is 24.3 Å². The zero-order valence-electron chi connectivity index (χ0n) is 15.3. The number of benzene rings is 1. The van der Waals surface area contributed by atoms with Gasteiger partial charge in [0.15, 0.2) is 5.96 Å². The molecule has 0 spiro atoms. The summed E-state index contributed by atoms with van der Waals surface area (Å²) in [5, 5.41) is 22.7. The van der Waals surface area contributed by atoms with Crippen LogP contribution in [0.2, 0.25) is 0 Å². The van der Waals surface area contributed by atoms with Gasteiger partial charge in [-0.2, -0.15) is 4.98 Å². The number of aliphatic hydroxyl groups excluding tert-OH is 1. The Morgan fingerprint density at radius 3 is 2.50 bits per heavy atom. The smallest absolute Gasteiger partial charge is 0.264 e. The molecule has 0 aliphatic carbocycles. The summed E-state index contributed by atoms with van der Waals surface area (Å²) >= 11 is 3.38. The molecule has 0 saturated heterocycles. The highest BCUT2D eigenvalue weighted by Crippen LogP contribution is 2.24. The third-order valence-electron chi connectivity index (χ3n) is 3.73. The van der Waals surface area contributed by atoms with E-state index < -0.39 is 16.0 Å². The van der Waals surface area contributed by atoms with Crippen molar-refractivity contribution < 1.29 is 13.5 Å². The number of nitrogens with zero attached hydrogens (tertiary/aromatic N) is 2. The fraction of sp³-hybridized carbons (Fsp3) is 0.312. The summed E-state index contributed by atoms with van der Waals surface area (Å²) in [6, 6.07) is 5.64. The fourth-order valence-electron chi connectivity index (χ4n) is 2.18. The van der Waals surface area contributed by atoms with E-state index in [-0.39, 0.29) is 23.5 Å². The van der Waals surface area contributed by atoms with Crippen molar-refractivity contribution in [1.82, 2.24) is 14.7 Å². The van der Waals surface area contributed by atoms with Crippen LogP contribution in [-0.4, -0.2) is 42.1 Å². The molecule has 1 aromatic heterocycles. The average Bonchev–Trinajstić information content (AvgIpc) is 2.61. The van der Waals surface area contributed by atoms with Gasteiger partial charge >= 0.3 is 0 Å². The monoisotopic (exact) mass is 471 g/mol. The highest BCUT2D eigenvalue weighted by Gasteiger charge is 2.16. The van der Waals surface area contributed by atoms with Gasteiger partial charge in [-0.15, -0.1) is 0 Å². The summed E-state index contributed by atoms with van der Waals surface area (Å²) in [5.41, 5.74) is 5.64. The summed E-state index contributed by atoms with van der Waals surface area (Å²) in [5.74, 6) is 0.355. The maximum absolute atomic E-state index is 12.0. The Bertz CT molecular complexity index is 936. The van der Waals surface area contributed by atoms with Crippen molar-refractivity contribution in [3.63, 3.8) is 0 Å². The van der Waals surface area contributed by atoms with Crippen LogP contribution in [0.15, 0.2) is 39.8 Å². The number of aromatic nitrogens is 2. The Morgan fingerprint density at radius 2 is 1.96 bits per heavy atom. The van der Waals surface area contributed by atoms with E-state index in [2.05, 4.69) is 36.5 Å². The van der Waals surface area contributed by atoms with Crippen molar-refractivity contribution in [3.05, 3.63) is 34.9 Å². The molecule has 0 unspecified atom stereocenters. The van der Waals surface area contributed by atoms with Crippen LogP contribution in [-0.2, 0) is 10.0 Å². The largest absolute Gasteiger partial charge is 0.394 e. The molecular formula is C16H22BrN7O3S. The van der Waals surface area contributed by atoms with Gasteiger partial charge in [-0.3, -0.25) is 5.41 Å². The van der Waals surface area contributed by atoms with Crippen molar-refractivity contribution in [3.8, 4) is 0 Å². The van der Waals surface area contributed by atoms with Crippen molar-refractivity contribution in [1.29, 1.82) is 5.41 Å². The van der Waals surface area contributed by atoms with Gasteiger partial charge in [0.05, 0.1) is 22.0 Å². The molecule has 0 fully saturated rings. The number of hydrogen-bond acceptors (Lipinski definition) is 8. The zero-order chi connectivity index (χ0) is 20.9. The predicted octanol–water partition coefficient (Wildman–Crippen LogP) is 1.58. The lowest BCUT2D eigenvalue weighted by molar-refractivity contribution is 0.249. The molecule has 2 aromatic rings. The van der Waals surface area contributed by atoms with Gasteiger partial charge in [-0.1, -0.05) is 13.8 Å². The molecule has 0 aliphatic heterocycles. The van der Waals surface area contributed by atoms with E-state index in [1.807, 2.05) is 18.6 Å². The molecule has 0 saturated carbocycles. The van der Waals surface area contributed by atoms with Gasteiger partial charge < -0.3 is 21.5 Å². The van der Waals surface area contributed by atoms with Crippen LogP contribution in [0.1, 0.15) is 13.8 Å². The van der Waals surface area contributed by atoms with Gasteiger partial charge in [0.2, 0.25) is 5.95 Å². The Balaban J connectivity index is 2.17. The summed E-state index contributed by atoms with van der Waals surface area (Å²) in [6.07, 6.45) is 1.57. The summed E-state index contributed by atoms with van der Waals surface area (Å²) < 4.78 is 26.5. The Morgan fingerprint density at radius 1 is 1.32 bits per heavy atom. The first-order chi connectivity index (χ1) is 13.1. The lowest BCUT2D eigenvalue weighted by atomic mass is 10.1.